The normalized spacial score (nSPS) is 17.1. The van der Waals surface area contributed by atoms with Gasteiger partial charge in [0.25, 0.3) is 0 Å². The van der Waals surface area contributed by atoms with Gasteiger partial charge in [-0.05, 0) is 73.5 Å². The molecule has 14 heteroatoms. The van der Waals surface area contributed by atoms with E-state index in [2.05, 4.69) is 5.32 Å². The molecule has 0 spiro atoms. The van der Waals surface area contributed by atoms with Crippen molar-refractivity contribution in [1.29, 1.82) is 0 Å². The number of ether oxygens (including phenoxy) is 1. The zero-order chi connectivity index (χ0) is 33.1. The van der Waals surface area contributed by atoms with Crippen molar-refractivity contribution in [2.45, 2.75) is 30.3 Å². The van der Waals surface area contributed by atoms with Crippen molar-refractivity contribution in [2.75, 3.05) is 49.6 Å². The Morgan fingerprint density at radius 2 is 1.60 bits per heavy atom. The van der Waals surface area contributed by atoms with Gasteiger partial charge in [-0.15, -0.1) is 0 Å². The number of nitrogens with zero attached hydrogens (tertiary/aromatic N) is 5. The van der Waals surface area contributed by atoms with Gasteiger partial charge in [0.1, 0.15) is 29.2 Å². The van der Waals surface area contributed by atoms with Crippen LogP contribution in [0.15, 0.2) is 77.7 Å². The van der Waals surface area contributed by atoms with Gasteiger partial charge in [0.15, 0.2) is 0 Å². The molecule has 2 fully saturated rings. The number of carbonyl (C=O) groups is 1. The number of halogens is 3. The van der Waals surface area contributed by atoms with Gasteiger partial charge in [0, 0.05) is 38.3 Å². The summed E-state index contributed by atoms with van der Waals surface area (Å²) in [6, 6.07) is 15.8. The fourth-order valence-electron chi connectivity index (χ4n) is 5.92. The van der Waals surface area contributed by atoms with Crippen LogP contribution in [0.25, 0.3) is 11.3 Å². The number of hydrogen-bond acceptors (Lipinski definition) is 8. The van der Waals surface area contributed by atoms with Crippen LogP contribution in [0.5, 0.6) is 5.75 Å². The molecule has 1 unspecified atom stereocenters. The Labute approximate surface area is 270 Å². The van der Waals surface area contributed by atoms with Crippen molar-refractivity contribution < 1.29 is 31.1 Å². The van der Waals surface area contributed by atoms with E-state index < -0.39 is 33.6 Å². The second-order valence-electron chi connectivity index (χ2n) is 11.3. The van der Waals surface area contributed by atoms with Gasteiger partial charge >= 0.3 is 0 Å². The number of methoxy groups -OCH3 is 1. The van der Waals surface area contributed by atoms with Gasteiger partial charge in [-0.3, -0.25) is 4.79 Å². The summed E-state index contributed by atoms with van der Waals surface area (Å²) in [5.74, 6) is -1.13. The Kier molecular flexibility index (Phi) is 9.32. The number of benzene rings is 3. The number of sulfonamides is 1. The third-order valence-electron chi connectivity index (χ3n) is 8.33. The van der Waals surface area contributed by atoms with Crippen LogP contribution >= 0.6 is 0 Å². The van der Waals surface area contributed by atoms with Crippen LogP contribution in [0.3, 0.4) is 0 Å². The molecule has 2 saturated heterocycles. The van der Waals surface area contributed by atoms with Crippen molar-refractivity contribution in [2.24, 2.45) is 0 Å². The minimum absolute atomic E-state index is 0.0604. The second-order valence-corrected chi connectivity index (χ2v) is 13.2. The summed E-state index contributed by atoms with van der Waals surface area (Å²) in [6.07, 6.45) is 0.803. The smallest absolute Gasteiger partial charge is 0.243 e. The molecule has 4 aromatic rings. The first-order valence-corrected chi connectivity index (χ1v) is 16.6. The summed E-state index contributed by atoms with van der Waals surface area (Å²) in [6.45, 7) is 2.05. The molecule has 1 amide bonds. The summed E-state index contributed by atoms with van der Waals surface area (Å²) >= 11 is 0. The Balaban J connectivity index is 1.24. The summed E-state index contributed by atoms with van der Waals surface area (Å²) in [5.41, 5.74) is 1.68. The number of carbonyl (C=O) groups excluding carboxylic acids is 1. The molecule has 6 rings (SSSR count). The number of rotatable bonds is 9. The van der Waals surface area contributed by atoms with E-state index in [0.29, 0.717) is 73.4 Å². The molecule has 1 N–H and O–H groups in total. The fraction of sp³-hybridized carbons (Fsp3) is 0.303. The standard InChI is InChI=1S/C33H33F3N6O4S/c1-46-31-13-10-23(35)19-26(31)28-20-24(38-33(39-28)41-17-15-40(16-18-41)29-6-3-2-5-27(29)36)21-37-32(43)30-7-4-14-42(30)47(44,45)25-11-8-22(34)9-12-25/h2-3,5-6,8-13,19-20,30H,4,7,14-18,21H2,1H3,(H,37,43). The van der Waals surface area contributed by atoms with E-state index in [1.54, 1.807) is 24.3 Å². The maximum absolute atomic E-state index is 14.4. The van der Waals surface area contributed by atoms with Crippen molar-refractivity contribution in [3.63, 3.8) is 0 Å². The van der Waals surface area contributed by atoms with E-state index >= 15 is 0 Å². The highest BCUT2D eigenvalue weighted by atomic mass is 32.2. The van der Waals surface area contributed by atoms with E-state index in [4.69, 9.17) is 14.7 Å². The lowest BCUT2D eigenvalue weighted by Crippen LogP contribution is -2.47. The molecule has 0 aliphatic carbocycles. The largest absolute Gasteiger partial charge is 0.496 e. The topological polar surface area (TPSA) is 108 Å². The highest BCUT2D eigenvalue weighted by molar-refractivity contribution is 7.89. The summed E-state index contributed by atoms with van der Waals surface area (Å²) < 4.78 is 75.5. The van der Waals surface area contributed by atoms with Crippen molar-refractivity contribution in [3.05, 3.63) is 95.9 Å². The van der Waals surface area contributed by atoms with Gasteiger partial charge in [-0.2, -0.15) is 4.31 Å². The lowest BCUT2D eigenvalue weighted by molar-refractivity contribution is -0.124. The number of nitrogens with one attached hydrogen (secondary N) is 1. The molecule has 2 aliphatic heterocycles. The number of anilines is 2. The second kappa shape index (κ2) is 13.6. The lowest BCUT2D eigenvalue weighted by atomic mass is 10.1. The Morgan fingerprint density at radius 1 is 0.894 bits per heavy atom. The third-order valence-corrected chi connectivity index (χ3v) is 10.3. The zero-order valence-corrected chi connectivity index (χ0v) is 26.4. The molecule has 3 aromatic carbocycles. The van der Waals surface area contributed by atoms with E-state index in [0.717, 1.165) is 16.4 Å². The van der Waals surface area contributed by atoms with Crippen molar-refractivity contribution in [3.8, 4) is 17.0 Å². The molecule has 3 heterocycles. The number of para-hydroxylation sites is 1. The monoisotopic (exact) mass is 666 g/mol. The minimum Gasteiger partial charge on any atom is -0.496 e. The van der Waals surface area contributed by atoms with Crippen LogP contribution in [0, 0.1) is 17.5 Å². The highest BCUT2D eigenvalue weighted by Crippen LogP contribution is 2.32. The molecule has 10 nitrogen and oxygen atoms in total. The molecular weight excluding hydrogens is 633 g/mol. The molecule has 1 atom stereocenters. The quantitative estimate of drug-likeness (QED) is 0.281. The first-order valence-electron chi connectivity index (χ1n) is 15.2. The Morgan fingerprint density at radius 3 is 2.32 bits per heavy atom. The number of amides is 1. The predicted molar refractivity (Wildman–Crippen MR) is 170 cm³/mol. The maximum Gasteiger partial charge on any atom is 0.243 e. The van der Waals surface area contributed by atoms with E-state index in [-0.39, 0.29) is 23.8 Å². The number of aromatic nitrogens is 2. The first-order chi connectivity index (χ1) is 22.6. The molecule has 0 saturated carbocycles. The van der Waals surface area contributed by atoms with Crippen LogP contribution in [0.1, 0.15) is 18.5 Å². The summed E-state index contributed by atoms with van der Waals surface area (Å²) in [4.78, 5) is 26.6. The van der Waals surface area contributed by atoms with E-state index in [1.807, 2.05) is 9.80 Å². The molecule has 0 bridgehead atoms. The molecule has 0 radical (unpaired) electrons. The summed E-state index contributed by atoms with van der Waals surface area (Å²) in [7, 11) is -2.57. The number of piperazine rings is 1. The van der Waals surface area contributed by atoms with Crippen LogP contribution in [0.2, 0.25) is 0 Å². The Hall–Kier alpha value is -4.69. The van der Waals surface area contributed by atoms with Gasteiger partial charge in [-0.1, -0.05) is 12.1 Å². The molecule has 1 aromatic heterocycles. The lowest BCUT2D eigenvalue weighted by Gasteiger charge is -2.36. The van der Waals surface area contributed by atoms with Gasteiger partial charge in [0.2, 0.25) is 21.9 Å². The Bertz CT molecular complexity index is 1870. The average molecular weight is 667 g/mol. The summed E-state index contributed by atoms with van der Waals surface area (Å²) in [5, 5.41) is 2.82. The van der Waals surface area contributed by atoms with Crippen LogP contribution in [-0.4, -0.2) is 74.5 Å². The van der Waals surface area contributed by atoms with E-state index in [9.17, 15) is 26.4 Å². The minimum atomic E-state index is -4.04. The predicted octanol–water partition coefficient (Wildman–Crippen LogP) is 4.37. The fourth-order valence-corrected chi connectivity index (χ4v) is 7.57. The SMILES string of the molecule is COc1ccc(F)cc1-c1cc(CNC(=O)C2CCCN2S(=O)(=O)c2ccc(F)cc2)nc(N2CCN(c3ccccc3F)CC2)n1. The van der Waals surface area contributed by atoms with Crippen molar-refractivity contribution >= 4 is 27.6 Å². The van der Waals surface area contributed by atoms with Gasteiger partial charge in [0.05, 0.1) is 35.6 Å². The molecule has 47 heavy (non-hydrogen) atoms. The zero-order valence-electron chi connectivity index (χ0n) is 25.6. The van der Waals surface area contributed by atoms with Crippen molar-refractivity contribution in [1.82, 2.24) is 19.6 Å². The average Bonchev–Trinajstić information content (AvgIpc) is 3.59. The molecule has 2 aliphatic rings. The van der Waals surface area contributed by atoms with Crippen LogP contribution in [-0.2, 0) is 21.4 Å². The van der Waals surface area contributed by atoms with Gasteiger partial charge in [-0.25, -0.2) is 31.6 Å². The number of hydrogen-bond donors (Lipinski definition) is 1. The van der Waals surface area contributed by atoms with E-state index in [1.165, 1.54) is 43.5 Å². The molecule has 246 valence electrons. The third kappa shape index (κ3) is 6.88. The van der Waals surface area contributed by atoms with Gasteiger partial charge < -0.3 is 19.9 Å². The maximum atomic E-state index is 14.4. The van der Waals surface area contributed by atoms with Crippen LogP contribution in [0.4, 0.5) is 24.8 Å². The van der Waals surface area contributed by atoms with Crippen LogP contribution < -0.4 is 19.9 Å². The molecular formula is C33H33F3N6O4S. The first kappa shape index (κ1) is 32.3. The highest BCUT2D eigenvalue weighted by Gasteiger charge is 2.39.